The number of nitrogens with two attached hydrogens (primary N) is 1. The molecule has 0 saturated heterocycles. The van der Waals surface area contributed by atoms with Gasteiger partial charge in [-0.3, -0.25) is 9.89 Å². The van der Waals surface area contributed by atoms with Crippen LogP contribution in [0.3, 0.4) is 0 Å². The lowest BCUT2D eigenvalue weighted by Gasteiger charge is -2.09. The molecule has 0 aliphatic heterocycles. The summed E-state index contributed by atoms with van der Waals surface area (Å²) in [6, 6.07) is 2.99. The highest BCUT2D eigenvalue weighted by Gasteiger charge is 2.30. The minimum Gasteiger partial charge on any atom is -0.395 e. The fourth-order valence-corrected chi connectivity index (χ4v) is 2.97. The summed E-state index contributed by atoms with van der Waals surface area (Å²) in [5.74, 6) is -0.0940. The van der Waals surface area contributed by atoms with Gasteiger partial charge in [0.1, 0.15) is 0 Å². The lowest BCUT2D eigenvalue weighted by molar-refractivity contribution is 0.102. The Morgan fingerprint density at radius 1 is 1.29 bits per heavy atom. The number of nitrogens with one attached hydrogen (secondary N) is 2. The van der Waals surface area contributed by atoms with E-state index in [1.807, 2.05) is 0 Å². The molecule has 21 heavy (non-hydrogen) atoms. The van der Waals surface area contributed by atoms with Crippen molar-refractivity contribution in [2.24, 2.45) is 0 Å². The molecule has 1 heterocycles. The first-order chi connectivity index (χ1) is 9.97. The van der Waals surface area contributed by atoms with Gasteiger partial charge in [-0.1, -0.05) is 34.8 Å². The van der Waals surface area contributed by atoms with Crippen LogP contribution < -0.4 is 11.1 Å². The zero-order valence-electron chi connectivity index (χ0n) is 10.7. The topological polar surface area (TPSA) is 83.8 Å². The number of hydrogen-bond acceptors (Lipinski definition) is 3. The maximum absolute atomic E-state index is 12.3. The van der Waals surface area contributed by atoms with Crippen LogP contribution in [0.1, 0.15) is 34.9 Å². The van der Waals surface area contributed by atoms with E-state index in [1.165, 1.54) is 12.1 Å². The second-order valence-electron chi connectivity index (χ2n) is 4.87. The van der Waals surface area contributed by atoms with E-state index < -0.39 is 5.91 Å². The largest absolute Gasteiger partial charge is 0.395 e. The molecule has 1 aliphatic rings. The number of halogens is 3. The van der Waals surface area contributed by atoms with Gasteiger partial charge in [0.25, 0.3) is 5.91 Å². The summed E-state index contributed by atoms with van der Waals surface area (Å²) in [7, 11) is 0. The summed E-state index contributed by atoms with van der Waals surface area (Å²) in [6.45, 7) is 0. The van der Waals surface area contributed by atoms with Gasteiger partial charge in [0.15, 0.2) is 5.69 Å². The van der Waals surface area contributed by atoms with Crippen LogP contribution in [0, 0.1) is 0 Å². The maximum atomic E-state index is 12.3. The predicted octanol–water partition coefficient (Wildman–Crippen LogP) is 4.08. The number of aromatic amines is 1. The summed E-state index contributed by atoms with van der Waals surface area (Å²) < 4.78 is 0. The monoisotopic (exact) mass is 344 g/mol. The molecule has 1 fully saturated rings. The maximum Gasteiger partial charge on any atom is 0.278 e. The van der Waals surface area contributed by atoms with E-state index >= 15 is 0 Å². The Balaban J connectivity index is 1.87. The Bertz CT molecular complexity index is 701. The minimum atomic E-state index is -0.471. The number of nitrogens with zero attached hydrogens (tertiary/aromatic N) is 1. The molecule has 1 saturated carbocycles. The van der Waals surface area contributed by atoms with Crippen molar-refractivity contribution in [1.82, 2.24) is 10.2 Å². The van der Waals surface area contributed by atoms with E-state index in [1.54, 1.807) is 0 Å². The Hall–Kier alpha value is -1.43. The van der Waals surface area contributed by atoms with Gasteiger partial charge in [-0.15, -0.1) is 0 Å². The first-order valence-electron chi connectivity index (χ1n) is 6.27. The molecule has 1 aromatic carbocycles. The zero-order chi connectivity index (χ0) is 15.1. The Morgan fingerprint density at radius 2 is 1.90 bits per heavy atom. The number of benzene rings is 1. The first kappa shape index (κ1) is 14.5. The van der Waals surface area contributed by atoms with Crippen LogP contribution in [0.25, 0.3) is 0 Å². The molecule has 1 aliphatic carbocycles. The van der Waals surface area contributed by atoms with Gasteiger partial charge in [0.2, 0.25) is 0 Å². The number of H-pyrrole nitrogens is 1. The van der Waals surface area contributed by atoms with Gasteiger partial charge in [0, 0.05) is 10.9 Å². The Kier molecular flexibility index (Phi) is 3.73. The van der Waals surface area contributed by atoms with Gasteiger partial charge >= 0.3 is 0 Å². The normalized spacial score (nSPS) is 14.2. The summed E-state index contributed by atoms with van der Waals surface area (Å²) in [6.07, 6.45) is 2.12. The number of carbonyl (C=O) groups excluding carboxylic acids is 1. The van der Waals surface area contributed by atoms with Crippen molar-refractivity contribution in [1.29, 1.82) is 0 Å². The molecular formula is C13H11Cl3N4O. The third-order valence-corrected chi connectivity index (χ3v) is 4.09. The standard InChI is InChI=1S/C13H11Cl3N4O/c14-6-3-7(15)11(8(16)4-6)18-13(21)12-9(17)10(19-20-12)5-1-2-5/h3-5H,1-2,17H2,(H,18,21)(H,19,20). The van der Waals surface area contributed by atoms with Gasteiger partial charge in [-0.2, -0.15) is 5.10 Å². The molecule has 110 valence electrons. The van der Waals surface area contributed by atoms with Crippen LogP contribution in [-0.4, -0.2) is 16.1 Å². The second kappa shape index (κ2) is 5.40. The molecule has 1 amide bonds. The molecule has 0 radical (unpaired) electrons. The predicted molar refractivity (Wildman–Crippen MR) is 84.4 cm³/mol. The fourth-order valence-electron chi connectivity index (χ4n) is 2.05. The molecule has 0 spiro atoms. The molecule has 5 nitrogen and oxygen atoms in total. The van der Waals surface area contributed by atoms with Crippen molar-refractivity contribution < 1.29 is 4.79 Å². The van der Waals surface area contributed by atoms with E-state index in [-0.39, 0.29) is 21.4 Å². The minimum absolute atomic E-state index is 0.138. The first-order valence-corrected chi connectivity index (χ1v) is 7.40. The number of anilines is 2. The molecule has 8 heteroatoms. The number of amides is 1. The SMILES string of the molecule is Nc1c(C(=O)Nc2c(Cl)cc(Cl)cc2Cl)n[nH]c1C1CC1. The summed E-state index contributed by atoms with van der Waals surface area (Å²) >= 11 is 17.9. The lowest BCUT2D eigenvalue weighted by Crippen LogP contribution is -2.15. The summed E-state index contributed by atoms with van der Waals surface area (Å²) in [4.78, 5) is 12.3. The molecular weight excluding hydrogens is 335 g/mol. The van der Waals surface area contributed by atoms with E-state index in [4.69, 9.17) is 40.5 Å². The smallest absolute Gasteiger partial charge is 0.278 e. The molecule has 0 atom stereocenters. The van der Waals surface area contributed by atoms with E-state index in [2.05, 4.69) is 15.5 Å². The number of nitrogen functional groups attached to an aromatic ring is 1. The van der Waals surface area contributed by atoms with Crippen molar-refractivity contribution in [3.63, 3.8) is 0 Å². The van der Waals surface area contributed by atoms with Crippen LogP contribution >= 0.6 is 34.8 Å². The van der Waals surface area contributed by atoms with Crippen LogP contribution in [0.15, 0.2) is 12.1 Å². The molecule has 4 N–H and O–H groups in total. The van der Waals surface area contributed by atoms with Crippen LogP contribution in [0.5, 0.6) is 0 Å². The molecule has 0 bridgehead atoms. The molecule has 1 aromatic heterocycles. The molecule has 3 rings (SSSR count). The lowest BCUT2D eigenvalue weighted by atomic mass is 10.2. The third kappa shape index (κ3) is 2.81. The third-order valence-electron chi connectivity index (χ3n) is 3.28. The van der Waals surface area contributed by atoms with Crippen LogP contribution in [0.4, 0.5) is 11.4 Å². The zero-order valence-corrected chi connectivity index (χ0v) is 13.0. The number of hydrogen-bond donors (Lipinski definition) is 3. The van der Waals surface area contributed by atoms with Crippen molar-refractivity contribution in [3.05, 3.63) is 38.6 Å². The van der Waals surface area contributed by atoms with E-state index in [9.17, 15) is 4.79 Å². The van der Waals surface area contributed by atoms with Crippen molar-refractivity contribution in [3.8, 4) is 0 Å². The second-order valence-corrected chi connectivity index (χ2v) is 6.12. The number of rotatable bonds is 3. The van der Waals surface area contributed by atoms with Gasteiger partial charge in [-0.25, -0.2) is 0 Å². The highest BCUT2D eigenvalue weighted by atomic mass is 35.5. The Labute approximate surface area is 135 Å². The van der Waals surface area contributed by atoms with Crippen molar-refractivity contribution >= 4 is 52.1 Å². The summed E-state index contributed by atoms with van der Waals surface area (Å²) in [5.41, 5.74) is 7.56. The average molecular weight is 346 g/mol. The average Bonchev–Trinajstić information content (AvgIpc) is 3.17. The number of aromatic nitrogens is 2. The number of carbonyl (C=O) groups is 1. The highest BCUT2D eigenvalue weighted by Crippen LogP contribution is 2.42. The van der Waals surface area contributed by atoms with E-state index in [0.717, 1.165) is 18.5 Å². The molecule has 0 unspecified atom stereocenters. The van der Waals surface area contributed by atoms with Gasteiger partial charge < -0.3 is 11.1 Å². The van der Waals surface area contributed by atoms with Crippen LogP contribution in [0.2, 0.25) is 15.1 Å². The Morgan fingerprint density at radius 3 is 2.48 bits per heavy atom. The quantitative estimate of drug-likeness (QED) is 0.783. The van der Waals surface area contributed by atoms with E-state index in [0.29, 0.717) is 16.6 Å². The highest BCUT2D eigenvalue weighted by molar-refractivity contribution is 6.42. The molecule has 2 aromatic rings. The van der Waals surface area contributed by atoms with Crippen molar-refractivity contribution in [2.45, 2.75) is 18.8 Å². The van der Waals surface area contributed by atoms with Gasteiger partial charge in [0.05, 0.1) is 27.1 Å². The van der Waals surface area contributed by atoms with Crippen molar-refractivity contribution in [2.75, 3.05) is 11.1 Å². The van der Waals surface area contributed by atoms with Gasteiger partial charge in [-0.05, 0) is 25.0 Å². The summed E-state index contributed by atoms with van der Waals surface area (Å²) in [5, 5.41) is 10.3. The fraction of sp³-hybridized carbons (Fsp3) is 0.231. The van der Waals surface area contributed by atoms with Crippen LogP contribution in [-0.2, 0) is 0 Å².